The number of hydrogen-bond acceptors (Lipinski definition) is 4. The standard InChI is InChI=1S/C14H25N3O/c1-17(2)10-4-8-16-9-7-12-5-6-14(18-3)13(15)11-12/h5-6,11,16H,4,7-10,15H2,1-3H3. The number of ether oxygens (including phenoxy) is 1. The van der Waals surface area contributed by atoms with Crippen molar-refractivity contribution < 1.29 is 4.74 Å². The molecule has 0 amide bonds. The molecular formula is C14H25N3O. The van der Waals surface area contributed by atoms with Gasteiger partial charge in [-0.2, -0.15) is 0 Å². The first-order valence-electron chi connectivity index (χ1n) is 6.41. The lowest BCUT2D eigenvalue weighted by Crippen LogP contribution is -2.23. The lowest BCUT2D eigenvalue weighted by molar-refractivity contribution is 0.395. The number of nitrogens with two attached hydrogens (primary N) is 1. The summed E-state index contributed by atoms with van der Waals surface area (Å²) >= 11 is 0. The van der Waals surface area contributed by atoms with E-state index in [1.165, 1.54) is 12.0 Å². The Hall–Kier alpha value is -1.26. The molecule has 18 heavy (non-hydrogen) atoms. The van der Waals surface area contributed by atoms with Gasteiger partial charge in [0.1, 0.15) is 5.75 Å². The minimum Gasteiger partial charge on any atom is -0.495 e. The van der Waals surface area contributed by atoms with Crippen molar-refractivity contribution in [1.82, 2.24) is 10.2 Å². The van der Waals surface area contributed by atoms with Crippen molar-refractivity contribution in [3.05, 3.63) is 23.8 Å². The van der Waals surface area contributed by atoms with E-state index in [0.29, 0.717) is 5.69 Å². The van der Waals surface area contributed by atoms with Gasteiger partial charge in [0.15, 0.2) is 0 Å². The first kappa shape index (κ1) is 14.8. The predicted molar refractivity (Wildman–Crippen MR) is 77.2 cm³/mol. The molecule has 0 saturated carbocycles. The molecule has 0 atom stereocenters. The SMILES string of the molecule is COc1ccc(CCNCCCN(C)C)cc1N. The Labute approximate surface area is 110 Å². The van der Waals surface area contributed by atoms with Crippen molar-refractivity contribution in [1.29, 1.82) is 0 Å². The van der Waals surface area contributed by atoms with Crippen LogP contribution in [0.3, 0.4) is 0 Å². The summed E-state index contributed by atoms with van der Waals surface area (Å²) in [4.78, 5) is 2.20. The van der Waals surface area contributed by atoms with Crippen LogP contribution in [0.4, 0.5) is 5.69 Å². The van der Waals surface area contributed by atoms with Crippen LogP contribution in [0.25, 0.3) is 0 Å². The van der Waals surface area contributed by atoms with E-state index in [-0.39, 0.29) is 0 Å². The van der Waals surface area contributed by atoms with Crippen molar-refractivity contribution in [2.24, 2.45) is 0 Å². The van der Waals surface area contributed by atoms with Crippen molar-refractivity contribution in [3.63, 3.8) is 0 Å². The number of methoxy groups -OCH3 is 1. The highest BCUT2D eigenvalue weighted by molar-refractivity contribution is 5.54. The number of nitrogens with zero attached hydrogens (tertiary/aromatic N) is 1. The molecule has 1 rings (SSSR count). The van der Waals surface area contributed by atoms with E-state index < -0.39 is 0 Å². The summed E-state index contributed by atoms with van der Waals surface area (Å²) in [5, 5.41) is 3.44. The Bertz CT molecular complexity index is 353. The average molecular weight is 251 g/mol. The molecule has 1 aromatic rings. The van der Waals surface area contributed by atoms with Gasteiger partial charge in [-0.15, -0.1) is 0 Å². The molecule has 0 aliphatic heterocycles. The molecule has 0 spiro atoms. The van der Waals surface area contributed by atoms with Gasteiger partial charge in [-0.1, -0.05) is 6.07 Å². The molecular weight excluding hydrogens is 226 g/mol. The first-order chi connectivity index (χ1) is 8.63. The van der Waals surface area contributed by atoms with Gasteiger partial charge < -0.3 is 20.7 Å². The third-order valence-corrected chi connectivity index (χ3v) is 2.84. The zero-order valence-corrected chi connectivity index (χ0v) is 11.7. The number of hydrogen-bond donors (Lipinski definition) is 2. The van der Waals surface area contributed by atoms with Gasteiger partial charge in [0, 0.05) is 0 Å². The van der Waals surface area contributed by atoms with E-state index >= 15 is 0 Å². The number of benzene rings is 1. The second-order valence-corrected chi connectivity index (χ2v) is 4.73. The molecule has 0 aliphatic rings. The largest absolute Gasteiger partial charge is 0.495 e. The number of rotatable bonds is 8. The lowest BCUT2D eigenvalue weighted by atomic mass is 10.1. The monoisotopic (exact) mass is 251 g/mol. The van der Waals surface area contributed by atoms with E-state index in [4.69, 9.17) is 10.5 Å². The van der Waals surface area contributed by atoms with Crippen LogP contribution >= 0.6 is 0 Å². The van der Waals surface area contributed by atoms with Gasteiger partial charge in [-0.25, -0.2) is 0 Å². The van der Waals surface area contributed by atoms with E-state index in [1.54, 1.807) is 7.11 Å². The van der Waals surface area contributed by atoms with Crippen LogP contribution in [0, 0.1) is 0 Å². The van der Waals surface area contributed by atoms with Gasteiger partial charge in [0.05, 0.1) is 12.8 Å². The van der Waals surface area contributed by atoms with Crippen LogP contribution in [0.2, 0.25) is 0 Å². The topological polar surface area (TPSA) is 50.5 Å². The van der Waals surface area contributed by atoms with Crippen molar-refractivity contribution >= 4 is 5.69 Å². The van der Waals surface area contributed by atoms with Crippen LogP contribution in [0.15, 0.2) is 18.2 Å². The highest BCUT2D eigenvalue weighted by atomic mass is 16.5. The highest BCUT2D eigenvalue weighted by Crippen LogP contribution is 2.21. The summed E-state index contributed by atoms with van der Waals surface area (Å²) in [5.41, 5.74) is 7.82. The molecule has 0 bridgehead atoms. The average Bonchev–Trinajstić information content (AvgIpc) is 2.33. The van der Waals surface area contributed by atoms with Gasteiger partial charge in [0.2, 0.25) is 0 Å². The Balaban J connectivity index is 2.21. The molecule has 0 unspecified atom stereocenters. The highest BCUT2D eigenvalue weighted by Gasteiger charge is 2.00. The molecule has 1 aromatic carbocycles. The summed E-state index contributed by atoms with van der Waals surface area (Å²) in [6.07, 6.45) is 2.17. The van der Waals surface area contributed by atoms with Gasteiger partial charge in [-0.05, 0) is 64.3 Å². The maximum Gasteiger partial charge on any atom is 0.141 e. The summed E-state index contributed by atoms with van der Waals surface area (Å²) < 4.78 is 5.13. The predicted octanol–water partition coefficient (Wildman–Crippen LogP) is 1.36. The van der Waals surface area contributed by atoms with Crippen LogP contribution in [-0.4, -0.2) is 45.7 Å². The molecule has 102 valence electrons. The zero-order chi connectivity index (χ0) is 13.4. The maximum absolute atomic E-state index is 5.87. The molecule has 0 heterocycles. The Kier molecular flexibility index (Phi) is 6.54. The molecule has 4 nitrogen and oxygen atoms in total. The van der Waals surface area contributed by atoms with Gasteiger partial charge >= 0.3 is 0 Å². The van der Waals surface area contributed by atoms with E-state index in [0.717, 1.165) is 31.8 Å². The number of anilines is 1. The maximum atomic E-state index is 5.87. The third kappa shape index (κ3) is 5.38. The minimum atomic E-state index is 0.711. The molecule has 0 fully saturated rings. The molecule has 0 aliphatic carbocycles. The Morgan fingerprint density at radius 2 is 2.06 bits per heavy atom. The summed E-state index contributed by atoms with van der Waals surface area (Å²) in [5.74, 6) is 0.748. The molecule has 0 aromatic heterocycles. The van der Waals surface area contributed by atoms with Crippen molar-refractivity contribution in [3.8, 4) is 5.75 Å². The second-order valence-electron chi connectivity index (χ2n) is 4.73. The van der Waals surface area contributed by atoms with Gasteiger partial charge in [-0.3, -0.25) is 0 Å². The quantitative estimate of drug-likeness (QED) is 0.541. The molecule has 4 heteroatoms. The molecule has 3 N–H and O–H groups in total. The molecule has 0 radical (unpaired) electrons. The normalized spacial score (nSPS) is 10.9. The lowest BCUT2D eigenvalue weighted by Gasteiger charge is -2.10. The summed E-state index contributed by atoms with van der Waals surface area (Å²) in [6, 6.07) is 5.98. The molecule has 0 saturated heterocycles. The van der Waals surface area contributed by atoms with Crippen LogP contribution in [-0.2, 0) is 6.42 Å². The zero-order valence-electron chi connectivity index (χ0n) is 11.7. The van der Waals surface area contributed by atoms with Crippen LogP contribution in [0.5, 0.6) is 5.75 Å². The second kappa shape index (κ2) is 7.95. The number of nitrogens with one attached hydrogen (secondary N) is 1. The summed E-state index contributed by atoms with van der Waals surface area (Å²) in [6.45, 7) is 3.17. The van der Waals surface area contributed by atoms with Gasteiger partial charge in [0.25, 0.3) is 0 Å². The van der Waals surface area contributed by atoms with Crippen LogP contribution < -0.4 is 15.8 Å². The Morgan fingerprint density at radius 3 is 2.67 bits per heavy atom. The van der Waals surface area contributed by atoms with E-state index in [1.807, 2.05) is 12.1 Å². The van der Waals surface area contributed by atoms with Crippen molar-refractivity contribution in [2.75, 3.05) is 46.6 Å². The minimum absolute atomic E-state index is 0.711. The van der Waals surface area contributed by atoms with E-state index in [9.17, 15) is 0 Å². The van der Waals surface area contributed by atoms with Crippen LogP contribution in [0.1, 0.15) is 12.0 Å². The number of nitrogen functional groups attached to an aromatic ring is 1. The Morgan fingerprint density at radius 1 is 1.28 bits per heavy atom. The summed E-state index contributed by atoms with van der Waals surface area (Å²) in [7, 11) is 5.83. The fourth-order valence-corrected chi connectivity index (χ4v) is 1.82. The van der Waals surface area contributed by atoms with Crippen molar-refractivity contribution in [2.45, 2.75) is 12.8 Å². The third-order valence-electron chi connectivity index (χ3n) is 2.84. The fraction of sp³-hybridized carbons (Fsp3) is 0.571. The smallest absolute Gasteiger partial charge is 0.141 e. The fourth-order valence-electron chi connectivity index (χ4n) is 1.82. The first-order valence-corrected chi connectivity index (χ1v) is 6.41. The van der Waals surface area contributed by atoms with E-state index in [2.05, 4.69) is 30.4 Å².